The van der Waals surface area contributed by atoms with Gasteiger partial charge in [-0.05, 0) is 42.6 Å². The van der Waals surface area contributed by atoms with Gasteiger partial charge in [0.2, 0.25) is 5.91 Å². The maximum Gasteiger partial charge on any atom is 0.277 e. The Morgan fingerprint density at radius 3 is 2.75 bits per heavy atom. The Bertz CT molecular complexity index is 800. The Labute approximate surface area is 147 Å². The zero-order valence-electron chi connectivity index (χ0n) is 13.1. The molecule has 0 aliphatic heterocycles. The van der Waals surface area contributed by atoms with E-state index < -0.39 is 0 Å². The summed E-state index contributed by atoms with van der Waals surface area (Å²) < 4.78 is 10.7. The van der Waals surface area contributed by atoms with Crippen LogP contribution in [0.15, 0.2) is 51.4 Å². The van der Waals surface area contributed by atoms with Gasteiger partial charge in [0.15, 0.2) is 0 Å². The van der Waals surface area contributed by atoms with Crippen LogP contribution in [0.2, 0.25) is 0 Å². The van der Waals surface area contributed by atoms with Crippen LogP contribution in [0.4, 0.5) is 5.69 Å². The largest absolute Gasteiger partial charge is 0.497 e. The number of thiophene rings is 1. The van der Waals surface area contributed by atoms with E-state index in [4.69, 9.17) is 9.15 Å². The number of ether oxygens (including phenoxy) is 1. The number of amides is 1. The number of nitrogens with zero attached hydrogens (tertiary/aromatic N) is 2. The van der Waals surface area contributed by atoms with Crippen LogP contribution in [-0.2, 0) is 4.79 Å². The summed E-state index contributed by atoms with van der Waals surface area (Å²) in [5.74, 6) is 1.07. The number of thioether (sulfide) groups is 1. The van der Waals surface area contributed by atoms with E-state index in [9.17, 15) is 4.79 Å². The molecule has 0 aliphatic carbocycles. The normalized spacial score (nSPS) is 11.9. The maximum absolute atomic E-state index is 12.3. The van der Waals surface area contributed by atoms with Crippen molar-refractivity contribution in [2.45, 2.75) is 17.4 Å². The Kier molecular flexibility index (Phi) is 5.17. The number of aromatic nitrogens is 2. The Balaban J connectivity index is 1.59. The molecule has 1 N–H and O–H groups in total. The number of methoxy groups -OCH3 is 1. The molecule has 0 bridgehead atoms. The second kappa shape index (κ2) is 7.50. The Morgan fingerprint density at radius 2 is 2.08 bits per heavy atom. The molecular formula is C16H15N3O3S2. The van der Waals surface area contributed by atoms with Crippen molar-refractivity contribution in [3.63, 3.8) is 0 Å². The van der Waals surface area contributed by atoms with Crippen LogP contribution in [0.25, 0.3) is 10.8 Å². The zero-order chi connectivity index (χ0) is 16.9. The van der Waals surface area contributed by atoms with Crippen LogP contribution < -0.4 is 10.1 Å². The van der Waals surface area contributed by atoms with Gasteiger partial charge in [-0.25, -0.2) is 0 Å². The molecule has 1 aromatic carbocycles. The van der Waals surface area contributed by atoms with Gasteiger partial charge in [0.1, 0.15) is 5.75 Å². The van der Waals surface area contributed by atoms with Crippen molar-refractivity contribution in [2.75, 3.05) is 12.4 Å². The summed E-state index contributed by atoms with van der Waals surface area (Å²) in [6.07, 6.45) is 0. The van der Waals surface area contributed by atoms with Crippen molar-refractivity contribution in [3.05, 3.63) is 41.8 Å². The lowest BCUT2D eigenvalue weighted by molar-refractivity contribution is -0.115. The number of hydrogen-bond donors (Lipinski definition) is 1. The third kappa shape index (κ3) is 3.95. The van der Waals surface area contributed by atoms with E-state index in [1.807, 2.05) is 17.5 Å². The van der Waals surface area contributed by atoms with Crippen molar-refractivity contribution < 1.29 is 13.9 Å². The summed E-state index contributed by atoms with van der Waals surface area (Å²) in [6.45, 7) is 1.79. The first kappa shape index (κ1) is 16.5. The van der Waals surface area contributed by atoms with Gasteiger partial charge in [0.05, 0.1) is 17.2 Å². The molecule has 0 aliphatic rings. The quantitative estimate of drug-likeness (QED) is 0.671. The lowest BCUT2D eigenvalue weighted by Gasteiger charge is -2.10. The minimum atomic E-state index is -0.372. The van der Waals surface area contributed by atoms with Gasteiger partial charge in [-0.3, -0.25) is 4.79 Å². The fourth-order valence-electron chi connectivity index (χ4n) is 1.88. The van der Waals surface area contributed by atoms with Crippen molar-refractivity contribution in [1.82, 2.24) is 10.2 Å². The number of rotatable bonds is 6. The minimum Gasteiger partial charge on any atom is -0.497 e. The van der Waals surface area contributed by atoms with Gasteiger partial charge >= 0.3 is 0 Å². The summed E-state index contributed by atoms with van der Waals surface area (Å²) in [6, 6.07) is 11.0. The molecule has 0 unspecified atom stereocenters. The second-order valence-corrected chi connectivity index (χ2v) is 7.07. The van der Waals surface area contributed by atoms with Crippen LogP contribution >= 0.6 is 23.1 Å². The monoisotopic (exact) mass is 361 g/mol. The molecule has 8 heteroatoms. The highest BCUT2D eigenvalue weighted by Gasteiger charge is 2.19. The van der Waals surface area contributed by atoms with E-state index >= 15 is 0 Å². The molecule has 0 radical (unpaired) electrons. The highest BCUT2D eigenvalue weighted by Crippen LogP contribution is 2.28. The van der Waals surface area contributed by atoms with E-state index in [2.05, 4.69) is 15.5 Å². The number of nitrogens with one attached hydrogen (secondary N) is 1. The van der Waals surface area contributed by atoms with Gasteiger partial charge in [-0.1, -0.05) is 17.8 Å². The molecule has 3 rings (SSSR count). The second-order valence-electron chi connectivity index (χ2n) is 4.83. The van der Waals surface area contributed by atoms with Gasteiger partial charge in [-0.15, -0.1) is 21.5 Å². The molecule has 6 nitrogen and oxygen atoms in total. The number of benzene rings is 1. The average Bonchev–Trinajstić information content (AvgIpc) is 3.26. The van der Waals surface area contributed by atoms with Crippen molar-refractivity contribution >= 4 is 34.7 Å². The van der Waals surface area contributed by atoms with E-state index in [1.165, 1.54) is 23.1 Å². The highest BCUT2D eigenvalue weighted by atomic mass is 32.2. The topological polar surface area (TPSA) is 77.2 Å². The highest BCUT2D eigenvalue weighted by molar-refractivity contribution is 8.00. The Morgan fingerprint density at radius 1 is 1.29 bits per heavy atom. The van der Waals surface area contributed by atoms with Gasteiger partial charge in [-0.2, -0.15) is 0 Å². The molecule has 24 heavy (non-hydrogen) atoms. The van der Waals surface area contributed by atoms with Crippen molar-refractivity contribution in [3.8, 4) is 16.5 Å². The first-order valence-electron chi connectivity index (χ1n) is 7.14. The van der Waals surface area contributed by atoms with Crippen LogP contribution in [0.5, 0.6) is 5.75 Å². The predicted molar refractivity (Wildman–Crippen MR) is 94.6 cm³/mol. The number of carbonyl (C=O) groups is 1. The molecule has 2 aromatic heterocycles. The SMILES string of the molecule is COc1ccc(NC(=O)[C@H](C)Sc2nnc(-c3cccs3)o2)cc1. The van der Waals surface area contributed by atoms with E-state index in [1.54, 1.807) is 38.3 Å². The van der Waals surface area contributed by atoms with Crippen LogP contribution in [0.1, 0.15) is 6.92 Å². The van der Waals surface area contributed by atoms with E-state index in [0.29, 0.717) is 16.8 Å². The molecular weight excluding hydrogens is 346 g/mol. The van der Waals surface area contributed by atoms with Gasteiger partial charge in [0.25, 0.3) is 11.1 Å². The predicted octanol–water partition coefficient (Wildman–Crippen LogP) is 3.93. The number of hydrogen-bond acceptors (Lipinski definition) is 7. The van der Waals surface area contributed by atoms with E-state index in [0.717, 1.165) is 10.6 Å². The van der Waals surface area contributed by atoms with Crippen LogP contribution in [0, 0.1) is 0 Å². The first-order chi connectivity index (χ1) is 11.7. The minimum absolute atomic E-state index is 0.138. The molecule has 0 spiro atoms. The molecule has 0 saturated carbocycles. The summed E-state index contributed by atoms with van der Waals surface area (Å²) in [4.78, 5) is 13.2. The van der Waals surface area contributed by atoms with Gasteiger partial charge in [0, 0.05) is 5.69 Å². The lowest BCUT2D eigenvalue weighted by Crippen LogP contribution is -2.22. The van der Waals surface area contributed by atoms with Crippen LogP contribution in [0.3, 0.4) is 0 Å². The molecule has 1 amide bonds. The third-order valence-electron chi connectivity index (χ3n) is 3.14. The third-order valence-corrected chi connectivity index (χ3v) is 4.93. The summed E-state index contributed by atoms with van der Waals surface area (Å²) in [7, 11) is 1.60. The van der Waals surface area contributed by atoms with Gasteiger partial charge < -0.3 is 14.5 Å². The fourth-order valence-corrected chi connectivity index (χ4v) is 3.21. The molecule has 0 fully saturated rings. The molecule has 2 heterocycles. The van der Waals surface area contributed by atoms with Crippen molar-refractivity contribution in [1.29, 1.82) is 0 Å². The summed E-state index contributed by atoms with van der Waals surface area (Å²) >= 11 is 2.75. The fraction of sp³-hybridized carbons (Fsp3) is 0.188. The summed E-state index contributed by atoms with van der Waals surface area (Å²) in [5, 5.41) is 12.8. The van der Waals surface area contributed by atoms with Crippen LogP contribution in [-0.4, -0.2) is 28.5 Å². The molecule has 124 valence electrons. The maximum atomic E-state index is 12.3. The first-order valence-corrected chi connectivity index (χ1v) is 8.90. The smallest absolute Gasteiger partial charge is 0.277 e. The zero-order valence-corrected chi connectivity index (χ0v) is 14.7. The average molecular weight is 361 g/mol. The van der Waals surface area contributed by atoms with Crippen molar-refractivity contribution in [2.24, 2.45) is 0 Å². The molecule has 1 atom stereocenters. The number of anilines is 1. The molecule has 3 aromatic rings. The van der Waals surface area contributed by atoms with E-state index in [-0.39, 0.29) is 11.2 Å². The lowest BCUT2D eigenvalue weighted by atomic mass is 10.3. The standard InChI is InChI=1S/C16H15N3O3S2/c1-10(14(20)17-11-5-7-12(21-2)8-6-11)24-16-19-18-15(22-16)13-4-3-9-23-13/h3-10H,1-2H3,(H,17,20)/t10-/m0/s1. The Hall–Kier alpha value is -2.32. The number of carbonyl (C=O) groups excluding carboxylic acids is 1. The summed E-state index contributed by atoms with van der Waals surface area (Å²) in [5.41, 5.74) is 0.707. The molecule has 0 saturated heterocycles.